The fraction of sp³-hybridized carbons (Fsp3) is 0.480. The lowest BCUT2D eigenvalue weighted by Crippen LogP contribution is -2.31. The normalized spacial score (nSPS) is 20.4. The summed E-state index contributed by atoms with van der Waals surface area (Å²) in [7, 11) is 4.35. The maximum absolute atomic E-state index is 12.4. The molecule has 3 rings (SSSR count). The Morgan fingerprint density at radius 2 is 1.72 bits per heavy atom. The third-order valence-corrected chi connectivity index (χ3v) is 6.59. The van der Waals surface area contributed by atoms with E-state index in [4.69, 9.17) is 11.6 Å². The lowest BCUT2D eigenvalue weighted by Gasteiger charge is -2.37. The van der Waals surface area contributed by atoms with Crippen LogP contribution in [0, 0.1) is 18.8 Å². The maximum atomic E-state index is 12.4. The van der Waals surface area contributed by atoms with E-state index in [1.807, 2.05) is 43.3 Å². The van der Waals surface area contributed by atoms with Gasteiger partial charge in [-0.1, -0.05) is 54.8 Å². The number of hydrogen-bond acceptors (Lipinski definition) is 2. The van der Waals surface area contributed by atoms with Gasteiger partial charge in [0.25, 0.3) is 5.91 Å². The second kappa shape index (κ2) is 10.3. The molecule has 2 aromatic carbocycles. The fourth-order valence-electron chi connectivity index (χ4n) is 4.76. The lowest BCUT2D eigenvalue weighted by molar-refractivity contribution is 0.0946. The molecule has 0 bridgehead atoms. The number of nitrogens with one attached hydrogen (secondary N) is 1. The Morgan fingerprint density at radius 1 is 1.07 bits per heavy atom. The highest BCUT2D eigenvalue weighted by Crippen LogP contribution is 2.40. The summed E-state index contributed by atoms with van der Waals surface area (Å²) in [5, 5.41) is 3.90. The third kappa shape index (κ3) is 5.83. The SMILES string of the molecule is Cc1ccccc1C(=O)NCCC1CCC(C(c2ccc(Cl)cc2)N(C)C)CC1. The van der Waals surface area contributed by atoms with Gasteiger partial charge in [0.15, 0.2) is 0 Å². The molecule has 0 saturated heterocycles. The maximum Gasteiger partial charge on any atom is 0.251 e. The summed E-state index contributed by atoms with van der Waals surface area (Å²) >= 11 is 6.08. The topological polar surface area (TPSA) is 32.3 Å². The molecule has 3 nitrogen and oxygen atoms in total. The largest absolute Gasteiger partial charge is 0.352 e. The molecule has 1 N–H and O–H groups in total. The van der Waals surface area contributed by atoms with Crippen LogP contribution in [-0.2, 0) is 0 Å². The monoisotopic (exact) mass is 412 g/mol. The van der Waals surface area contributed by atoms with Crippen molar-refractivity contribution in [3.05, 3.63) is 70.2 Å². The molecule has 0 radical (unpaired) electrons. The fourth-order valence-corrected chi connectivity index (χ4v) is 4.88. The van der Waals surface area contributed by atoms with Crippen LogP contribution in [0.1, 0.15) is 59.6 Å². The van der Waals surface area contributed by atoms with E-state index in [1.54, 1.807) is 0 Å². The number of halogens is 1. The van der Waals surface area contributed by atoms with Gasteiger partial charge < -0.3 is 10.2 Å². The van der Waals surface area contributed by atoms with Crippen LogP contribution in [0.3, 0.4) is 0 Å². The van der Waals surface area contributed by atoms with Crippen molar-refractivity contribution in [3.8, 4) is 0 Å². The summed E-state index contributed by atoms with van der Waals surface area (Å²) in [6.07, 6.45) is 6.02. The van der Waals surface area contributed by atoms with E-state index in [0.717, 1.165) is 29.1 Å². The minimum Gasteiger partial charge on any atom is -0.352 e. The van der Waals surface area contributed by atoms with Gasteiger partial charge in [0, 0.05) is 23.2 Å². The van der Waals surface area contributed by atoms with Gasteiger partial charge >= 0.3 is 0 Å². The van der Waals surface area contributed by atoms with Crippen LogP contribution in [0.4, 0.5) is 0 Å². The van der Waals surface area contributed by atoms with Crippen molar-refractivity contribution in [2.24, 2.45) is 11.8 Å². The highest BCUT2D eigenvalue weighted by molar-refractivity contribution is 6.30. The first kappa shape index (κ1) is 21.9. The molecule has 4 heteroatoms. The van der Waals surface area contributed by atoms with Gasteiger partial charge in [-0.15, -0.1) is 0 Å². The molecular formula is C25H33ClN2O. The first-order valence-electron chi connectivity index (χ1n) is 10.7. The number of carbonyl (C=O) groups excluding carboxylic acids is 1. The third-order valence-electron chi connectivity index (χ3n) is 6.33. The zero-order valence-electron chi connectivity index (χ0n) is 17.8. The van der Waals surface area contributed by atoms with E-state index in [9.17, 15) is 4.79 Å². The number of benzene rings is 2. The summed E-state index contributed by atoms with van der Waals surface area (Å²) in [5.41, 5.74) is 3.17. The highest BCUT2D eigenvalue weighted by Gasteiger charge is 2.29. The number of carbonyl (C=O) groups is 1. The highest BCUT2D eigenvalue weighted by atomic mass is 35.5. The Balaban J connectivity index is 1.47. The van der Waals surface area contributed by atoms with Crippen LogP contribution >= 0.6 is 11.6 Å². The number of hydrogen-bond donors (Lipinski definition) is 1. The van der Waals surface area contributed by atoms with Crippen LogP contribution < -0.4 is 5.32 Å². The molecule has 29 heavy (non-hydrogen) atoms. The second-order valence-corrected chi connectivity index (χ2v) is 9.04. The number of amides is 1. The number of aryl methyl sites for hydroxylation is 1. The van der Waals surface area contributed by atoms with Crippen molar-refractivity contribution < 1.29 is 4.79 Å². The van der Waals surface area contributed by atoms with Crippen LogP contribution in [0.2, 0.25) is 5.02 Å². The molecule has 1 atom stereocenters. The molecule has 0 aromatic heterocycles. The van der Waals surface area contributed by atoms with E-state index < -0.39 is 0 Å². The van der Waals surface area contributed by atoms with E-state index in [0.29, 0.717) is 17.9 Å². The zero-order chi connectivity index (χ0) is 20.8. The van der Waals surface area contributed by atoms with Crippen molar-refractivity contribution in [1.29, 1.82) is 0 Å². The van der Waals surface area contributed by atoms with Crippen LogP contribution in [0.25, 0.3) is 0 Å². The standard InChI is InChI=1S/C25H33ClN2O/c1-18-6-4-5-7-23(18)25(29)27-17-16-19-8-10-20(11-9-19)24(28(2)3)21-12-14-22(26)15-13-21/h4-7,12-15,19-20,24H,8-11,16-17H2,1-3H3,(H,27,29). The zero-order valence-corrected chi connectivity index (χ0v) is 18.6. The molecule has 1 unspecified atom stereocenters. The van der Waals surface area contributed by atoms with Crippen molar-refractivity contribution in [1.82, 2.24) is 10.2 Å². The van der Waals surface area contributed by atoms with Crippen molar-refractivity contribution in [3.63, 3.8) is 0 Å². The van der Waals surface area contributed by atoms with Gasteiger partial charge in [-0.25, -0.2) is 0 Å². The molecule has 0 aliphatic heterocycles. The molecule has 1 aliphatic rings. The minimum atomic E-state index is 0.0483. The Bertz CT molecular complexity index is 795. The quantitative estimate of drug-likeness (QED) is 0.616. The molecule has 1 amide bonds. The molecular weight excluding hydrogens is 380 g/mol. The molecule has 0 spiro atoms. The summed E-state index contributed by atoms with van der Waals surface area (Å²) in [5.74, 6) is 1.42. The van der Waals surface area contributed by atoms with Gasteiger partial charge in [0.05, 0.1) is 0 Å². The minimum absolute atomic E-state index is 0.0483. The first-order valence-corrected chi connectivity index (χ1v) is 11.1. The average Bonchev–Trinajstić information content (AvgIpc) is 2.71. The van der Waals surface area contributed by atoms with Gasteiger partial charge in [-0.3, -0.25) is 4.79 Å². The van der Waals surface area contributed by atoms with E-state index in [-0.39, 0.29) is 5.91 Å². The van der Waals surface area contributed by atoms with Crippen LogP contribution in [0.15, 0.2) is 48.5 Å². The van der Waals surface area contributed by atoms with Crippen molar-refractivity contribution in [2.45, 2.75) is 45.1 Å². The van der Waals surface area contributed by atoms with Gasteiger partial charge in [0.1, 0.15) is 0 Å². The Kier molecular flexibility index (Phi) is 7.74. The van der Waals surface area contributed by atoms with Crippen LogP contribution in [0.5, 0.6) is 0 Å². The predicted octanol–water partition coefficient (Wildman–Crippen LogP) is 5.88. The summed E-state index contributed by atoms with van der Waals surface area (Å²) in [6, 6.07) is 16.5. The summed E-state index contributed by atoms with van der Waals surface area (Å²) in [6.45, 7) is 2.74. The second-order valence-electron chi connectivity index (χ2n) is 8.60. The predicted molar refractivity (Wildman–Crippen MR) is 121 cm³/mol. The van der Waals surface area contributed by atoms with Gasteiger partial charge in [0.2, 0.25) is 0 Å². The number of nitrogens with zero attached hydrogens (tertiary/aromatic N) is 1. The Morgan fingerprint density at radius 3 is 2.34 bits per heavy atom. The molecule has 156 valence electrons. The summed E-state index contributed by atoms with van der Waals surface area (Å²) in [4.78, 5) is 14.7. The van der Waals surface area contributed by atoms with Crippen molar-refractivity contribution in [2.75, 3.05) is 20.6 Å². The molecule has 1 fully saturated rings. The van der Waals surface area contributed by atoms with Crippen molar-refractivity contribution >= 4 is 17.5 Å². The van der Waals surface area contributed by atoms with E-state index >= 15 is 0 Å². The lowest BCUT2D eigenvalue weighted by atomic mass is 9.75. The van der Waals surface area contributed by atoms with Gasteiger partial charge in [-0.05, 0) is 81.4 Å². The molecule has 1 saturated carbocycles. The number of rotatable bonds is 7. The van der Waals surface area contributed by atoms with E-state index in [1.165, 1.54) is 31.2 Å². The summed E-state index contributed by atoms with van der Waals surface area (Å²) < 4.78 is 0. The smallest absolute Gasteiger partial charge is 0.251 e. The van der Waals surface area contributed by atoms with Gasteiger partial charge in [-0.2, -0.15) is 0 Å². The molecule has 1 aliphatic carbocycles. The Hall–Kier alpha value is -1.84. The first-order chi connectivity index (χ1) is 14.0. The van der Waals surface area contributed by atoms with E-state index in [2.05, 4.69) is 36.4 Å². The average molecular weight is 413 g/mol. The van der Waals surface area contributed by atoms with Crippen LogP contribution in [-0.4, -0.2) is 31.4 Å². The molecule has 0 heterocycles. The Labute approximate surface area is 180 Å². The molecule has 2 aromatic rings.